The molecule has 1 aromatic heterocycles. The van der Waals surface area contributed by atoms with Gasteiger partial charge in [0.05, 0.1) is 24.8 Å². The predicted molar refractivity (Wildman–Crippen MR) is 67.9 cm³/mol. The van der Waals surface area contributed by atoms with E-state index in [0.29, 0.717) is 19.8 Å². The summed E-state index contributed by atoms with van der Waals surface area (Å²) in [5.41, 5.74) is 2.11. The molecular weight excluding hydrogens is 251 g/mol. The molecule has 104 valence electrons. The molecular formula is C12H17FN4O2. The minimum Gasteiger partial charge on any atom is -0.377 e. The molecule has 3 N–H and O–H groups in total. The van der Waals surface area contributed by atoms with Gasteiger partial charge in [0.1, 0.15) is 0 Å². The molecule has 1 aliphatic rings. The number of nitrogens with one attached hydrogen (secondary N) is 1. The van der Waals surface area contributed by atoms with Gasteiger partial charge in [-0.25, -0.2) is 15.2 Å². The number of carbonyl (C=O) groups excluding carboxylic acids is 1. The van der Waals surface area contributed by atoms with Gasteiger partial charge in [0, 0.05) is 12.7 Å². The number of hydrogen-bond acceptors (Lipinski definition) is 5. The number of halogens is 1. The van der Waals surface area contributed by atoms with E-state index >= 15 is 0 Å². The third-order valence-electron chi connectivity index (χ3n) is 3.22. The topological polar surface area (TPSA) is 80.5 Å². The summed E-state index contributed by atoms with van der Waals surface area (Å²) in [6, 6.07) is 1.34. The first-order chi connectivity index (χ1) is 9.19. The minimum absolute atomic E-state index is 0.0247. The molecule has 0 radical (unpaired) electrons. The molecule has 7 heteroatoms. The van der Waals surface area contributed by atoms with Crippen LogP contribution in [-0.4, -0.2) is 41.6 Å². The van der Waals surface area contributed by atoms with Gasteiger partial charge in [-0.2, -0.15) is 0 Å². The first kappa shape index (κ1) is 13.7. The van der Waals surface area contributed by atoms with Crippen LogP contribution < -0.4 is 11.3 Å². The number of carbonyl (C=O) groups is 1. The number of hydrazine groups is 1. The maximum atomic E-state index is 14.0. The van der Waals surface area contributed by atoms with Gasteiger partial charge >= 0.3 is 0 Å². The lowest BCUT2D eigenvalue weighted by atomic mass is 10.1. The Balaban J connectivity index is 2.28. The highest BCUT2D eigenvalue weighted by molar-refractivity contribution is 5.95. The molecule has 1 fully saturated rings. The van der Waals surface area contributed by atoms with E-state index in [2.05, 4.69) is 10.4 Å². The van der Waals surface area contributed by atoms with Gasteiger partial charge in [-0.3, -0.25) is 4.79 Å². The van der Waals surface area contributed by atoms with E-state index in [1.165, 1.54) is 12.3 Å². The number of aromatic nitrogens is 1. The summed E-state index contributed by atoms with van der Waals surface area (Å²) in [4.78, 5) is 17.8. The van der Waals surface area contributed by atoms with E-state index in [-0.39, 0.29) is 23.3 Å². The summed E-state index contributed by atoms with van der Waals surface area (Å²) in [5, 5.41) is 0. The van der Waals surface area contributed by atoms with Gasteiger partial charge in [0.2, 0.25) is 0 Å². The zero-order valence-corrected chi connectivity index (χ0v) is 10.7. The Morgan fingerprint density at radius 2 is 2.53 bits per heavy atom. The summed E-state index contributed by atoms with van der Waals surface area (Å²) in [6.45, 7) is 3.38. The third kappa shape index (κ3) is 2.66. The van der Waals surface area contributed by atoms with E-state index in [0.717, 1.165) is 6.42 Å². The third-order valence-corrected chi connectivity index (χ3v) is 3.22. The van der Waals surface area contributed by atoms with E-state index < -0.39 is 5.82 Å². The Morgan fingerprint density at radius 1 is 1.74 bits per heavy atom. The number of nitrogen functional groups attached to an aromatic ring is 1. The van der Waals surface area contributed by atoms with Gasteiger partial charge in [-0.05, 0) is 12.5 Å². The van der Waals surface area contributed by atoms with Gasteiger partial charge in [0.15, 0.2) is 11.6 Å². The SMILES string of the molecule is CCC1COCCN1C(=O)c1ccnc(NN)c1F. The van der Waals surface area contributed by atoms with Gasteiger partial charge in [0.25, 0.3) is 5.91 Å². The van der Waals surface area contributed by atoms with Crippen molar-refractivity contribution in [3.8, 4) is 0 Å². The highest BCUT2D eigenvalue weighted by Gasteiger charge is 2.29. The van der Waals surface area contributed by atoms with Crippen molar-refractivity contribution in [1.29, 1.82) is 0 Å². The number of anilines is 1. The van der Waals surface area contributed by atoms with Crippen molar-refractivity contribution in [2.24, 2.45) is 5.84 Å². The van der Waals surface area contributed by atoms with Crippen LogP contribution in [0.25, 0.3) is 0 Å². The maximum absolute atomic E-state index is 14.0. The van der Waals surface area contributed by atoms with E-state index in [4.69, 9.17) is 10.6 Å². The van der Waals surface area contributed by atoms with Crippen molar-refractivity contribution >= 4 is 11.7 Å². The lowest BCUT2D eigenvalue weighted by Gasteiger charge is -2.35. The second-order valence-corrected chi connectivity index (χ2v) is 4.30. The van der Waals surface area contributed by atoms with Crippen molar-refractivity contribution in [3.05, 3.63) is 23.6 Å². The van der Waals surface area contributed by atoms with E-state index in [1.807, 2.05) is 6.92 Å². The number of pyridine rings is 1. The van der Waals surface area contributed by atoms with Crippen LogP contribution in [0.2, 0.25) is 0 Å². The number of hydrogen-bond donors (Lipinski definition) is 2. The summed E-state index contributed by atoms with van der Waals surface area (Å²) in [6.07, 6.45) is 2.12. The molecule has 0 saturated carbocycles. The lowest BCUT2D eigenvalue weighted by molar-refractivity contribution is -0.00303. The Hall–Kier alpha value is -1.73. The fraction of sp³-hybridized carbons (Fsp3) is 0.500. The average Bonchev–Trinajstić information content (AvgIpc) is 2.46. The van der Waals surface area contributed by atoms with Crippen molar-refractivity contribution < 1.29 is 13.9 Å². The smallest absolute Gasteiger partial charge is 0.257 e. The van der Waals surface area contributed by atoms with Crippen molar-refractivity contribution in [1.82, 2.24) is 9.88 Å². The van der Waals surface area contributed by atoms with Crippen LogP contribution in [0.4, 0.5) is 10.2 Å². The summed E-state index contributed by atoms with van der Waals surface area (Å²) in [7, 11) is 0. The molecule has 2 rings (SSSR count). The summed E-state index contributed by atoms with van der Waals surface area (Å²) < 4.78 is 19.4. The monoisotopic (exact) mass is 268 g/mol. The van der Waals surface area contributed by atoms with Crippen molar-refractivity contribution in [2.45, 2.75) is 19.4 Å². The molecule has 0 aliphatic carbocycles. The standard InChI is InChI=1S/C12H17FN4O2/c1-2-8-7-19-6-5-17(8)12(18)9-3-4-15-11(16-14)10(9)13/h3-4,8H,2,5-7,14H2,1H3,(H,15,16). The largest absolute Gasteiger partial charge is 0.377 e. The fourth-order valence-electron chi connectivity index (χ4n) is 2.12. The molecule has 0 bridgehead atoms. The number of morpholine rings is 1. The molecule has 1 unspecified atom stereocenters. The number of nitrogens with zero attached hydrogens (tertiary/aromatic N) is 2. The fourth-order valence-corrected chi connectivity index (χ4v) is 2.12. The van der Waals surface area contributed by atoms with Gasteiger partial charge < -0.3 is 15.1 Å². The van der Waals surface area contributed by atoms with Crippen LogP contribution in [0.5, 0.6) is 0 Å². The molecule has 1 atom stereocenters. The predicted octanol–water partition coefficient (Wildman–Crippen LogP) is 0.757. The number of ether oxygens (including phenoxy) is 1. The van der Waals surface area contributed by atoms with Crippen molar-refractivity contribution in [2.75, 3.05) is 25.2 Å². The van der Waals surface area contributed by atoms with Crippen LogP contribution in [0.3, 0.4) is 0 Å². The van der Waals surface area contributed by atoms with Crippen LogP contribution >= 0.6 is 0 Å². The van der Waals surface area contributed by atoms with Gasteiger partial charge in [-0.1, -0.05) is 6.92 Å². The number of rotatable bonds is 3. The first-order valence-electron chi connectivity index (χ1n) is 6.18. The van der Waals surface area contributed by atoms with Crippen LogP contribution in [-0.2, 0) is 4.74 Å². The Kier molecular flexibility index (Phi) is 4.28. The Bertz CT molecular complexity index is 469. The van der Waals surface area contributed by atoms with Crippen LogP contribution in [0, 0.1) is 5.82 Å². The maximum Gasteiger partial charge on any atom is 0.257 e. The molecule has 0 spiro atoms. The molecule has 1 saturated heterocycles. The molecule has 6 nitrogen and oxygen atoms in total. The minimum atomic E-state index is -0.726. The average molecular weight is 268 g/mol. The molecule has 19 heavy (non-hydrogen) atoms. The van der Waals surface area contributed by atoms with E-state index in [1.54, 1.807) is 4.90 Å². The summed E-state index contributed by atoms with van der Waals surface area (Å²) in [5.74, 6) is 3.94. The molecule has 1 aliphatic heterocycles. The van der Waals surface area contributed by atoms with Crippen molar-refractivity contribution in [3.63, 3.8) is 0 Å². The zero-order valence-electron chi connectivity index (χ0n) is 10.7. The zero-order chi connectivity index (χ0) is 13.8. The van der Waals surface area contributed by atoms with Gasteiger partial charge in [-0.15, -0.1) is 0 Å². The Morgan fingerprint density at radius 3 is 3.21 bits per heavy atom. The normalized spacial score (nSPS) is 19.3. The molecule has 1 amide bonds. The lowest BCUT2D eigenvalue weighted by Crippen LogP contribution is -2.48. The van der Waals surface area contributed by atoms with Crippen LogP contribution in [0.1, 0.15) is 23.7 Å². The first-order valence-corrected chi connectivity index (χ1v) is 6.18. The second kappa shape index (κ2) is 5.94. The molecule has 2 heterocycles. The Labute approximate surface area is 110 Å². The van der Waals surface area contributed by atoms with E-state index in [9.17, 15) is 9.18 Å². The highest BCUT2D eigenvalue weighted by atomic mass is 19.1. The second-order valence-electron chi connectivity index (χ2n) is 4.30. The molecule has 0 aromatic carbocycles. The van der Waals surface area contributed by atoms with Crippen LogP contribution in [0.15, 0.2) is 12.3 Å². The summed E-state index contributed by atoms with van der Waals surface area (Å²) >= 11 is 0. The number of nitrogens with two attached hydrogens (primary N) is 1. The highest BCUT2D eigenvalue weighted by Crippen LogP contribution is 2.19. The molecule has 1 aromatic rings. The quantitative estimate of drug-likeness (QED) is 0.625. The number of amides is 1.